The molecule has 0 aliphatic heterocycles. The molecule has 1 amide bonds. The summed E-state index contributed by atoms with van der Waals surface area (Å²) in [6.07, 6.45) is 1.39. The summed E-state index contributed by atoms with van der Waals surface area (Å²) in [6, 6.07) is 3.72. The van der Waals surface area contributed by atoms with Gasteiger partial charge in [0.15, 0.2) is 0 Å². The van der Waals surface area contributed by atoms with Crippen molar-refractivity contribution in [1.29, 1.82) is 0 Å². The van der Waals surface area contributed by atoms with Gasteiger partial charge < -0.3 is 11.1 Å². The number of hydrogen-bond donors (Lipinski definition) is 3. The van der Waals surface area contributed by atoms with Crippen molar-refractivity contribution in [2.24, 2.45) is 0 Å². The summed E-state index contributed by atoms with van der Waals surface area (Å²) in [6.45, 7) is 0.339. The Labute approximate surface area is 121 Å². The molecule has 1 aromatic carbocycles. The molecule has 1 aromatic rings. The van der Waals surface area contributed by atoms with Crippen molar-refractivity contribution in [1.82, 2.24) is 10.0 Å². The predicted octanol–water partition coefficient (Wildman–Crippen LogP) is -0.154. The van der Waals surface area contributed by atoms with E-state index < -0.39 is 20.9 Å². The highest BCUT2D eigenvalue weighted by Crippen LogP contribution is 2.20. The second kappa shape index (κ2) is 6.99. The van der Waals surface area contributed by atoms with E-state index in [4.69, 9.17) is 5.73 Å². The topological polar surface area (TPSA) is 144 Å². The van der Waals surface area contributed by atoms with Crippen LogP contribution in [0.5, 0.6) is 0 Å². The van der Waals surface area contributed by atoms with E-state index in [-0.39, 0.29) is 30.0 Å². The van der Waals surface area contributed by atoms with Gasteiger partial charge in [0.1, 0.15) is 5.56 Å². The molecule has 0 aromatic heterocycles. The molecule has 0 aliphatic carbocycles. The van der Waals surface area contributed by atoms with Crippen LogP contribution < -0.4 is 15.8 Å². The van der Waals surface area contributed by atoms with Crippen LogP contribution in [0.1, 0.15) is 16.8 Å². The zero-order valence-corrected chi connectivity index (χ0v) is 12.1. The quantitative estimate of drug-likeness (QED) is 0.276. The molecule has 0 bridgehead atoms. The zero-order valence-electron chi connectivity index (χ0n) is 11.3. The van der Waals surface area contributed by atoms with Gasteiger partial charge in [0.05, 0.1) is 11.2 Å². The Hall–Kier alpha value is -2.20. The number of sulfonamides is 1. The number of nitro groups is 1. The lowest BCUT2D eigenvalue weighted by molar-refractivity contribution is -0.385. The van der Waals surface area contributed by atoms with E-state index in [0.29, 0.717) is 6.42 Å². The first kappa shape index (κ1) is 16.9. The first-order chi connectivity index (χ1) is 9.70. The van der Waals surface area contributed by atoms with Gasteiger partial charge >= 0.3 is 0 Å². The number of hydrogen-bond acceptors (Lipinski definition) is 6. The lowest BCUT2D eigenvalue weighted by Gasteiger charge is -2.07. The molecular formula is C11H16N4O5S. The van der Waals surface area contributed by atoms with E-state index in [1.807, 2.05) is 0 Å². The van der Waals surface area contributed by atoms with Crippen LogP contribution in [-0.4, -0.2) is 38.6 Å². The monoisotopic (exact) mass is 316 g/mol. The van der Waals surface area contributed by atoms with Crippen molar-refractivity contribution in [3.05, 3.63) is 33.9 Å². The molecule has 0 atom stereocenters. The van der Waals surface area contributed by atoms with Gasteiger partial charge in [-0.2, -0.15) is 0 Å². The van der Waals surface area contributed by atoms with Gasteiger partial charge in [-0.1, -0.05) is 0 Å². The number of nitrogens with zero attached hydrogens (tertiary/aromatic N) is 1. The van der Waals surface area contributed by atoms with Crippen LogP contribution in [0.2, 0.25) is 0 Å². The van der Waals surface area contributed by atoms with Crippen molar-refractivity contribution in [3.63, 3.8) is 0 Å². The van der Waals surface area contributed by atoms with Crippen LogP contribution in [0.15, 0.2) is 18.2 Å². The van der Waals surface area contributed by atoms with Gasteiger partial charge in [-0.05, 0) is 18.6 Å². The third-order valence-electron chi connectivity index (χ3n) is 2.47. The van der Waals surface area contributed by atoms with Gasteiger partial charge in [-0.25, -0.2) is 13.1 Å². The maximum absolute atomic E-state index is 11.9. The second-order valence-electron chi connectivity index (χ2n) is 4.31. The number of nitrogen functional groups attached to an aromatic ring is 1. The molecule has 0 radical (unpaired) electrons. The van der Waals surface area contributed by atoms with Crippen LogP contribution in [0.3, 0.4) is 0 Å². The number of carbonyl (C=O) groups excluding carboxylic acids is 1. The van der Waals surface area contributed by atoms with Crippen LogP contribution in [0, 0.1) is 10.1 Å². The SMILES string of the molecule is CS(=O)(=O)NCCCNC(=O)c1cc(N)ccc1[N+](=O)[O-]. The molecule has 0 aliphatic rings. The molecule has 0 saturated heterocycles. The highest BCUT2D eigenvalue weighted by atomic mass is 32.2. The van der Waals surface area contributed by atoms with Gasteiger partial charge in [0, 0.05) is 24.8 Å². The van der Waals surface area contributed by atoms with Crippen molar-refractivity contribution in [3.8, 4) is 0 Å². The molecule has 10 heteroatoms. The number of rotatable bonds is 7. The lowest BCUT2D eigenvalue weighted by Crippen LogP contribution is -2.29. The summed E-state index contributed by atoms with van der Waals surface area (Å²) in [7, 11) is -3.27. The average molecular weight is 316 g/mol. The maximum Gasteiger partial charge on any atom is 0.282 e. The molecule has 1 rings (SSSR count). The Balaban J connectivity index is 2.60. The maximum atomic E-state index is 11.9. The lowest BCUT2D eigenvalue weighted by atomic mass is 10.1. The van der Waals surface area contributed by atoms with E-state index in [9.17, 15) is 23.3 Å². The minimum absolute atomic E-state index is 0.129. The minimum atomic E-state index is -3.27. The molecule has 9 nitrogen and oxygen atoms in total. The van der Waals surface area contributed by atoms with Gasteiger partial charge in [-0.15, -0.1) is 0 Å². The number of nitro benzene ring substituents is 1. The van der Waals surface area contributed by atoms with Crippen LogP contribution in [-0.2, 0) is 10.0 Å². The van der Waals surface area contributed by atoms with Gasteiger partial charge in [0.25, 0.3) is 11.6 Å². The third-order valence-corrected chi connectivity index (χ3v) is 3.19. The first-order valence-corrected chi connectivity index (χ1v) is 7.86. The number of benzene rings is 1. The molecule has 0 heterocycles. The molecule has 0 unspecified atom stereocenters. The normalized spacial score (nSPS) is 11.1. The first-order valence-electron chi connectivity index (χ1n) is 5.97. The van der Waals surface area contributed by atoms with Crippen LogP contribution >= 0.6 is 0 Å². The molecule has 21 heavy (non-hydrogen) atoms. The molecule has 116 valence electrons. The van der Waals surface area contributed by atoms with Crippen molar-refractivity contribution in [2.45, 2.75) is 6.42 Å². The van der Waals surface area contributed by atoms with Gasteiger partial charge in [0.2, 0.25) is 10.0 Å². The largest absolute Gasteiger partial charge is 0.399 e. The number of nitrogens with one attached hydrogen (secondary N) is 2. The number of nitrogens with two attached hydrogens (primary N) is 1. The van der Waals surface area contributed by atoms with E-state index in [2.05, 4.69) is 10.0 Å². The molecule has 0 fully saturated rings. The fourth-order valence-corrected chi connectivity index (χ4v) is 2.05. The highest BCUT2D eigenvalue weighted by molar-refractivity contribution is 7.88. The predicted molar refractivity (Wildman–Crippen MR) is 77.3 cm³/mol. The zero-order chi connectivity index (χ0) is 16.0. The fourth-order valence-electron chi connectivity index (χ4n) is 1.54. The third kappa shape index (κ3) is 5.75. The van der Waals surface area contributed by atoms with E-state index in [1.54, 1.807) is 0 Å². The van der Waals surface area contributed by atoms with Crippen molar-refractivity contribution in [2.75, 3.05) is 25.1 Å². The molecule has 4 N–H and O–H groups in total. The smallest absolute Gasteiger partial charge is 0.282 e. The standard InChI is InChI=1S/C11H16N4O5S/c1-21(19,20)14-6-2-5-13-11(16)9-7-8(12)3-4-10(9)15(17)18/h3-4,7,14H,2,5-6,12H2,1H3,(H,13,16). The van der Waals surface area contributed by atoms with E-state index in [1.165, 1.54) is 12.1 Å². The minimum Gasteiger partial charge on any atom is -0.399 e. The Morgan fingerprint density at radius 3 is 2.62 bits per heavy atom. The Morgan fingerprint density at radius 1 is 1.38 bits per heavy atom. The van der Waals surface area contributed by atoms with Crippen molar-refractivity contribution < 1.29 is 18.1 Å². The fraction of sp³-hybridized carbons (Fsp3) is 0.364. The summed E-state index contributed by atoms with van der Waals surface area (Å²) < 4.78 is 23.9. The number of amides is 1. The summed E-state index contributed by atoms with van der Waals surface area (Å²) in [5.74, 6) is -0.631. The summed E-state index contributed by atoms with van der Waals surface area (Å²) >= 11 is 0. The number of anilines is 1. The molecular weight excluding hydrogens is 300 g/mol. The highest BCUT2D eigenvalue weighted by Gasteiger charge is 2.19. The number of carbonyl (C=O) groups is 1. The van der Waals surface area contributed by atoms with E-state index >= 15 is 0 Å². The molecule has 0 spiro atoms. The Kier molecular flexibility index (Phi) is 5.61. The average Bonchev–Trinajstić information content (AvgIpc) is 2.36. The van der Waals surface area contributed by atoms with E-state index in [0.717, 1.165) is 12.3 Å². The Morgan fingerprint density at radius 2 is 2.05 bits per heavy atom. The van der Waals surface area contributed by atoms with Crippen LogP contribution in [0.4, 0.5) is 11.4 Å². The second-order valence-corrected chi connectivity index (χ2v) is 6.14. The summed E-state index contributed by atoms with van der Waals surface area (Å²) in [5.41, 5.74) is 5.28. The Bertz CT molecular complexity index is 644. The van der Waals surface area contributed by atoms with Crippen LogP contribution in [0.25, 0.3) is 0 Å². The van der Waals surface area contributed by atoms with Crippen molar-refractivity contribution >= 4 is 27.3 Å². The van der Waals surface area contributed by atoms with Gasteiger partial charge in [-0.3, -0.25) is 14.9 Å². The molecule has 0 saturated carbocycles. The summed E-state index contributed by atoms with van der Waals surface area (Å²) in [4.78, 5) is 22.0. The summed E-state index contributed by atoms with van der Waals surface area (Å²) in [5, 5.41) is 13.3.